The van der Waals surface area contributed by atoms with Gasteiger partial charge in [0.25, 0.3) is 0 Å². The molecule has 10 atom stereocenters. The molecular formula is C14H26O11. The molecular weight excluding hydrogens is 344 g/mol. The molecule has 2 saturated heterocycles. The lowest BCUT2D eigenvalue weighted by Crippen LogP contribution is -2.61. The molecule has 0 aromatic heterocycles. The Labute approximate surface area is 143 Å². The average Bonchev–Trinajstić information content (AvgIpc) is 2.61. The van der Waals surface area contributed by atoms with E-state index in [4.69, 9.17) is 19.3 Å². The summed E-state index contributed by atoms with van der Waals surface area (Å²) in [6.07, 6.45) is -12.0. The van der Waals surface area contributed by atoms with Crippen LogP contribution >= 0.6 is 0 Å². The minimum atomic E-state index is -1.60. The summed E-state index contributed by atoms with van der Waals surface area (Å²) in [7, 11) is 0. The van der Waals surface area contributed by atoms with E-state index in [1.54, 1.807) is 0 Å². The van der Waals surface area contributed by atoms with Crippen LogP contribution in [0.1, 0.15) is 0 Å². The van der Waals surface area contributed by atoms with Crippen molar-refractivity contribution in [1.29, 1.82) is 0 Å². The number of aliphatic hydroxyl groups excluding tert-OH is 8. The summed E-state index contributed by atoms with van der Waals surface area (Å²) in [4.78, 5) is 0. The Kier molecular flexibility index (Phi) is 7.49. The van der Waals surface area contributed by atoms with Gasteiger partial charge in [-0.3, -0.25) is 0 Å². The van der Waals surface area contributed by atoms with Crippen LogP contribution in [0.25, 0.3) is 0 Å². The summed E-state index contributed by atoms with van der Waals surface area (Å²) in [5.74, 6) is -0.914. The SMILES string of the molecule is OCC1O[C@H](OCC2O[C@@H](CO)C(O)C(O)[C@@H]2CO)C(O)C(O)[C@H]1O. The van der Waals surface area contributed by atoms with Gasteiger partial charge in [0, 0.05) is 5.92 Å². The molecule has 0 bridgehead atoms. The van der Waals surface area contributed by atoms with Gasteiger partial charge in [0.2, 0.25) is 0 Å². The van der Waals surface area contributed by atoms with E-state index >= 15 is 0 Å². The van der Waals surface area contributed by atoms with E-state index in [0.717, 1.165) is 0 Å². The molecule has 148 valence electrons. The second-order valence-corrected chi connectivity index (χ2v) is 6.25. The summed E-state index contributed by atoms with van der Waals surface area (Å²) in [5.41, 5.74) is 0. The fraction of sp³-hybridized carbons (Fsp3) is 1.00. The molecule has 2 heterocycles. The highest BCUT2D eigenvalue weighted by molar-refractivity contribution is 4.93. The van der Waals surface area contributed by atoms with Gasteiger partial charge in [0.15, 0.2) is 6.29 Å². The van der Waals surface area contributed by atoms with Gasteiger partial charge in [-0.15, -0.1) is 0 Å². The van der Waals surface area contributed by atoms with Crippen molar-refractivity contribution in [2.24, 2.45) is 5.92 Å². The van der Waals surface area contributed by atoms with Gasteiger partial charge >= 0.3 is 0 Å². The Bertz CT molecular complexity index is 408. The van der Waals surface area contributed by atoms with E-state index in [2.05, 4.69) is 0 Å². The number of hydrogen-bond acceptors (Lipinski definition) is 11. The summed E-state index contributed by atoms with van der Waals surface area (Å²) < 4.78 is 15.9. The summed E-state index contributed by atoms with van der Waals surface area (Å²) in [6, 6.07) is 0. The van der Waals surface area contributed by atoms with Crippen molar-refractivity contribution in [1.82, 2.24) is 0 Å². The normalized spacial score (nSPS) is 48.5. The predicted octanol–water partition coefficient (Wildman–Crippen LogP) is -5.11. The van der Waals surface area contributed by atoms with Crippen molar-refractivity contribution in [3.63, 3.8) is 0 Å². The van der Waals surface area contributed by atoms with E-state index in [-0.39, 0.29) is 6.61 Å². The molecule has 0 aromatic carbocycles. The molecule has 0 aromatic rings. The summed E-state index contributed by atoms with van der Waals surface area (Å²) in [5, 5.41) is 76.9. The standard InChI is InChI=1S/C14H26O11/c15-1-5-8(24-6(2-16)10(19)9(5)18)4-23-14-13(22)12(21)11(20)7(3-17)25-14/h5-22H,1-4H2/t5-,6+,7?,8?,9?,10?,11+,12?,13?,14+/m1/s1. The highest BCUT2D eigenvalue weighted by Crippen LogP contribution is 2.28. The first-order valence-electron chi connectivity index (χ1n) is 8.01. The third-order valence-electron chi connectivity index (χ3n) is 4.66. The maximum atomic E-state index is 10.0. The Balaban J connectivity index is 2.00. The minimum absolute atomic E-state index is 0.311. The molecule has 2 fully saturated rings. The molecule has 2 aliphatic rings. The van der Waals surface area contributed by atoms with Gasteiger partial charge < -0.3 is 55.1 Å². The van der Waals surface area contributed by atoms with Crippen LogP contribution in [0.3, 0.4) is 0 Å². The third-order valence-corrected chi connectivity index (χ3v) is 4.66. The zero-order valence-corrected chi connectivity index (χ0v) is 13.4. The molecule has 2 aliphatic heterocycles. The van der Waals surface area contributed by atoms with E-state index in [0.29, 0.717) is 0 Å². The fourth-order valence-corrected chi connectivity index (χ4v) is 3.03. The molecule has 6 unspecified atom stereocenters. The van der Waals surface area contributed by atoms with Gasteiger partial charge in [-0.25, -0.2) is 0 Å². The molecule has 0 spiro atoms. The van der Waals surface area contributed by atoms with Crippen LogP contribution < -0.4 is 0 Å². The average molecular weight is 370 g/mol. The van der Waals surface area contributed by atoms with Gasteiger partial charge in [-0.1, -0.05) is 0 Å². The Hall–Kier alpha value is -0.440. The lowest BCUT2D eigenvalue weighted by Gasteiger charge is -2.43. The first-order chi connectivity index (χ1) is 11.8. The Morgan fingerprint density at radius 1 is 0.600 bits per heavy atom. The number of aliphatic hydroxyl groups is 8. The molecule has 0 saturated carbocycles. The van der Waals surface area contributed by atoms with E-state index in [9.17, 15) is 35.7 Å². The maximum absolute atomic E-state index is 10.0. The molecule has 0 radical (unpaired) electrons. The number of ether oxygens (including phenoxy) is 3. The number of rotatable bonds is 6. The molecule has 0 aliphatic carbocycles. The highest BCUT2D eigenvalue weighted by Gasteiger charge is 2.47. The van der Waals surface area contributed by atoms with Crippen molar-refractivity contribution in [2.45, 2.75) is 55.1 Å². The zero-order chi connectivity index (χ0) is 18.7. The Morgan fingerprint density at radius 2 is 1.16 bits per heavy atom. The van der Waals surface area contributed by atoms with Crippen molar-refractivity contribution >= 4 is 0 Å². The van der Waals surface area contributed by atoms with Crippen LogP contribution in [-0.2, 0) is 14.2 Å². The minimum Gasteiger partial charge on any atom is -0.396 e. The zero-order valence-electron chi connectivity index (χ0n) is 13.4. The second-order valence-electron chi connectivity index (χ2n) is 6.25. The smallest absolute Gasteiger partial charge is 0.186 e. The van der Waals surface area contributed by atoms with Crippen molar-refractivity contribution in [3.8, 4) is 0 Å². The fourth-order valence-electron chi connectivity index (χ4n) is 3.03. The second kappa shape index (κ2) is 8.97. The lowest BCUT2D eigenvalue weighted by molar-refractivity contribution is -0.313. The highest BCUT2D eigenvalue weighted by atomic mass is 16.7. The topological polar surface area (TPSA) is 190 Å². The predicted molar refractivity (Wildman–Crippen MR) is 78.1 cm³/mol. The van der Waals surface area contributed by atoms with Gasteiger partial charge in [-0.05, 0) is 0 Å². The van der Waals surface area contributed by atoms with E-state index < -0.39 is 80.9 Å². The van der Waals surface area contributed by atoms with Crippen LogP contribution in [0.4, 0.5) is 0 Å². The quantitative estimate of drug-likeness (QED) is 0.223. The summed E-state index contributed by atoms with van der Waals surface area (Å²) in [6.45, 7) is -2.01. The monoisotopic (exact) mass is 370 g/mol. The molecule has 2 rings (SSSR count). The van der Waals surface area contributed by atoms with Crippen LogP contribution in [0.5, 0.6) is 0 Å². The van der Waals surface area contributed by atoms with E-state index in [1.807, 2.05) is 0 Å². The van der Waals surface area contributed by atoms with Gasteiger partial charge in [0.1, 0.15) is 36.6 Å². The Morgan fingerprint density at radius 3 is 1.72 bits per heavy atom. The largest absolute Gasteiger partial charge is 0.396 e. The molecule has 25 heavy (non-hydrogen) atoms. The van der Waals surface area contributed by atoms with Crippen molar-refractivity contribution in [3.05, 3.63) is 0 Å². The third kappa shape index (κ3) is 4.28. The van der Waals surface area contributed by atoms with Crippen molar-refractivity contribution in [2.75, 3.05) is 26.4 Å². The van der Waals surface area contributed by atoms with Gasteiger partial charge in [-0.2, -0.15) is 0 Å². The molecule has 0 amide bonds. The maximum Gasteiger partial charge on any atom is 0.186 e. The molecule has 8 N–H and O–H groups in total. The first-order valence-corrected chi connectivity index (χ1v) is 8.01. The lowest BCUT2D eigenvalue weighted by atomic mass is 9.87. The van der Waals surface area contributed by atoms with Crippen LogP contribution in [0.15, 0.2) is 0 Å². The summed E-state index contributed by atoms with van der Waals surface area (Å²) >= 11 is 0. The van der Waals surface area contributed by atoms with Crippen molar-refractivity contribution < 1.29 is 55.1 Å². The van der Waals surface area contributed by atoms with E-state index in [1.165, 1.54) is 0 Å². The molecule has 11 nitrogen and oxygen atoms in total. The van der Waals surface area contributed by atoms with Gasteiger partial charge in [0.05, 0.1) is 38.6 Å². The first kappa shape index (κ1) is 20.9. The van der Waals surface area contributed by atoms with Crippen LogP contribution in [0.2, 0.25) is 0 Å². The van der Waals surface area contributed by atoms with Crippen LogP contribution in [0, 0.1) is 5.92 Å². The molecule has 11 heteroatoms. The number of hydrogen-bond donors (Lipinski definition) is 8. The van der Waals surface area contributed by atoms with Crippen LogP contribution in [-0.4, -0.2) is 122 Å².